The number of benzene rings is 1. The Labute approximate surface area is 90.2 Å². The molecule has 1 unspecified atom stereocenters. The van der Waals surface area contributed by atoms with Crippen LogP contribution in [0.3, 0.4) is 0 Å². The summed E-state index contributed by atoms with van der Waals surface area (Å²) < 4.78 is 10.5. The first-order valence-corrected chi connectivity index (χ1v) is 4.86. The van der Waals surface area contributed by atoms with Crippen molar-refractivity contribution in [2.45, 2.75) is 26.1 Å². The lowest BCUT2D eigenvalue weighted by Gasteiger charge is -2.11. The first-order chi connectivity index (χ1) is 7.17. The number of methoxy groups -OCH3 is 1. The summed E-state index contributed by atoms with van der Waals surface area (Å²) in [7, 11) is 1.52. The quantitative estimate of drug-likeness (QED) is 0.758. The fraction of sp³-hybridized carbons (Fsp3) is 0.417. The van der Waals surface area contributed by atoms with Crippen LogP contribution in [-0.4, -0.2) is 13.2 Å². The minimum atomic E-state index is -0.502. The molecular weight excluding hydrogens is 190 g/mol. The average molecular weight is 205 g/mol. The Bertz CT molecular complexity index is 338. The number of nitrogens with zero attached hydrogens (tertiary/aromatic N) is 1. The molecule has 3 nitrogen and oxygen atoms in total. The molecule has 1 atom stereocenters. The van der Waals surface area contributed by atoms with Gasteiger partial charge in [0.25, 0.3) is 0 Å². The van der Waals surface area contributed by atoms with Crippen LogP contribution >= 0.6 is 0 Å². The highest BCUT2D eigenvalue weighted by molar-refractivity contribution is 5.30. The molecular formula is C12H15NO2. The van der Waals surface area contributed by atoms with Crippen molar-refractivity contribution in [3.8, 4) is 11.8 Å². The highest BCUT2D eigenvalue weighted by Gasteiger charge is 2.08. The molecule has 0 saturated carbocycles. The summed E-state index contributed by atoms with van der Waals surface area (Å²) in [5.41, 5.74) is 0.844. The molecule has 0 aromatic heterocycles. The summed E-state index contributed by atoms with van der Waals surface area (Å²) in [6, 6.07) is 9.44. The normalized spacial score (nSPS) is 12.2. The van der Waals surface area contributed by atoms with Crippen LogP contribution in [0, 0.1) is 11.3 Å². The number of rotatable bonds is 4. The van der Waals surface area contributed by atoms with Gasteiger partial charge in [-0.05, 0) is 31.5 Å². The molecule has 0 bridgehead atoms. The van der Waals surface area contributed by atoms with Gasteiger partial charge in [-0.3, -0.25) is 0 Å². The van der Waals surface area contributed by atoms with Crippen LogP contribution in [0.2, 0.25) is 0 Å². The van der Waals surface area contributed by atoms with Gasteiger partial charge < -0.3 is 9.47 Å². The van der Waals surface area contributed by atoms with Crippen LogP contribution in [-0.2, 0) is 4.74 Å². The molecule has 0 spiro atoms. The van der Waals surface area contributed by atoms with E-state index in [4.69, 9.17) is 14.7 Å². The van der Waals surface area contributed by atoms with Gasteiger partial charge in [-0.15, -0.1) is 0 Å². The summed E-state index contributed by atoms with van der Waals surface area (Å²) >= 11 is 0. The second-order valence-corrected chi connectivity index (χ2v) is 3.48. The zero-order valence-electron chi connectivity index (χ0n) is 9.23. The molecule has 1 aromatic carbocycles. The van der Waals surface area contributed by atoms with Crippen molar-refractivity contribution in [1.82, 2.24) is 0 Å². The Kier molecular flexibility index (Phi) is 4.14. The van der Waals surface area contributed by atoms with Crippen LogP contribution in [0.4, 0.5) is 0 Å². The van der Waals surface area contributed by atoms with Gasteiger partial charge in [-0.25, -0.2) is 0 Å². The minimum absolute atomic E-state index is 0.157. The van der Waals surface area contributed by atoms with Crippen LogP contribution in [0.15, 0.2) is 24.3 Å². The highest BCUT2D eigenvalue weighted by atomic mass is 16.5. The Morgan fingerprint density at radius 2 is 1.80 bits per heavy atom. The molecule has 0 heterocycles. The third-order valence-electron chi connectivity index (χ3n) is 1.91. The minimum Gasteiger partial charge on any atom is -0.491 e. The van der Waals surface area contributed by atoms with Gasteiger partial charge in [0.2, 0.25) is 0 Å². The standard InChI is InChI=1S/C12H15NO2/c1-9(2)15-11-6-4-10(5-7-11)12(8-13)14-3/h4-7,9,12H,1-3H3. The molecule has 0 amide bonds. The van der Waals surface area contributed by atoms with Crippen LogP contribution < -0.4 is 4.74 Å². The van der Waals surface area contributed by atoms with Crippen LogP contribution in [0.5, 0.6) is 5.75 Å². The third-order valence-corrected chi connectivity index (χ3v) is 1.91. The largest absolute Gasteiger partial charge is 0.491 e. The predicted molar refractivity (Wildman–Crippen MR) is 57.6 cm³/mol. The second kappa shape index (κ2) is 5.38. The maximum absolute atomic E-state index is 8.79. The maximum Gasteiger partial charge on any atom is 0.168 e. The van der Waals surface area contributed by atoms with Crippen LogP contribution in [0.25, 0.3) is 0 Å². The molecule has 0 saturated heterocycles. The van der Waals surface area contributed by atoms with Crippen molar-refractivity contribution in [2.24, 2.45) is 0 Å². The molecule has 0 N–H and O–H groups in total. The zero-order valence-corrected chi connectivity index (χ0v) is 9.23. The van der Waals surface area contributed by atoms with E-state index in [9.17, 15) is 0 Å². The van der Waals surface area contributed by atoms with Gasteiger partial charge in [0, 0.05) is 7.11 Å². The fourth-order valence-electron chi connectivity index (χ4n) is 1.26. The lowest BCUT2D eigenvalue weighted by Crippen LogP contribution is -2.05. The molecule has 0 radical (unpaired) electrons. The van der Waals surface area contributed by atoms with E-state index < -0.39 is 6.10 Å². The topological polar surface area (TPSA) is 42.2 Å². The molecule has 1 aromatic rings. The Morgan fingerprint density at radius 3 is 2.20 bits per heavy atom. The number of hydrogen-bond acceptors (Lipinski definition) is 3. The van der Waals surface area contributed by atoms with Gasteiger partial charge in [-0.1, -0.05) is 12.1 Å². The first kappa shape index (κ1) is 11.5. The van der Waals surface area contributed by atoms with E-state index in [0.29, 0.717) is 0 Å². The number of ether oxygens (including phenoxy) is 2. The first-order valence-electron chi connectivity index (χ1n) is 4.86. The summed E-state index contributed by atoms with van der Waals surface area (Å²) in [4.78, 5) is 0. The summed E-state index contributed by atoms with van der Waals surface area (Å²) in [6.45, 7) is 3.95. The van der Waals surface area contributed by atoms with E-state index in [1.54, 1.807) is 0 Å². The summed E-state index contributed by atoms with van der Waals surface area (Å²) in [6.07, 6.45) is -0.344. The Balaban J connectivity index is 2.76. The Morgan fingerprint density at radius 1 is 1.20 bits per heavy atom. The monoisotopic (exact) mass is 205 g/mol. The number of nitriles is 1. The lowest BCUT2D eigenvalue weighted by atomic mass is 10.1. The van der Waals surface area contributed by atoms with Crippen LogP contribution in [0.1, 0.15) is 25.5 Å². The molecule has 0 aliphatic rings. The van der Waals surface area contributed by atoms with Gasteiger partial charge in [0.05, 0.1) is 12.2 Å². The van der Waals surface area contributed by atoms with Gasteiger partial charge in [-0.2, -0.15) is 5.26 Å². The highest BCUT2D eigenvalue weighted by Crippen LogP contribution is 2.20. The predicted octanol–water partition coefficient (Wildman–Crippen LogP) is 2.68. The van der Waals surface area contributed by atoms with E-state index in [1.165, 1.54) is 7.11 Å². The van der Waals surface area contributed by atoms with Crippen molar-refractivity contribution in [1.29, 1.82) is 5.26 Å². The summed E-state index contributed by atoms with van der Waals surface area (Å²) in [5, 5.41) is 8.79. The molecule has 0 aliphatic heterocycles. The van der Waals surface area contributed by atoms with E-state index in [0.717, 1.165) is 11.3 Å². The second-order valence-electron chi connectivity index (χ2n) is 3.48. The molecule has 0 aliphatic carbocycles. The maximum atomic E-state index is 8.79. The average Bonchev–Trinajstić information content (AvgIpc) is 2.21. The fourth-order valence-corrected chi connectivity index (χ4v) is 1.26. The third kappa shape index (κ3) is 3.26. The molecule has 15 heavy (non-hydrogen) atoms. The molecule has 1 rings (SSSR count). The Hall–Kier alpha value is -1.53. The van der Waals surface area contributed by atoms with E-state index in [1.807, 2.05) is 38.1 Å². The van der Waals surface area contributed by atoms with E-state index >= 15 is 0 Å². The molecule has 3 heteroatoms. The van der Waals surface area contributed by atoms with Crippen molar-refractivity contribution < 1.29 is 9.47 Å². The van der Waals surface area contributed by atoms with Crippen molar-refractivity contribution >= 4 is 0 Å². The zero-order chi connectivity index (χ0) is 11.3. The lowest BCUT2D eigenvalue weighted by molar-refractivity contribution is 0.148. The van der Waals surface area contributed by atoms with Crippen molar-refractivity contribution in [2.75, 3.05) is 7.11 Å². The van der Waals surface area contributed by atoms with E-state index in [-0.39, 0.29) is 6.10 Å². The van der Waals surface area contributed by atoms with Crippen molar-refractivity contribution in [3.63, 3.8) is 0 Å². The van der Waals surface area contributed by atoms with Gasteiger partial charge >= 0.3 is 0 Å². The smallest absolute Gasteiger partial charge is 0.168 e. The van der Waals surface area contributed by atoms with Gasteiger partial charge in [0.1, 0.15) is 5.75 Å². The number of hydrogen-bond donors (Lipinski definition) is 0. The van der Waals surface area contributed by atoms with E-state index in [2.05, 4.69) is 6.07 Å². The molecule has 0 fully saturated rings. The van der Waals surface area contributed by atoms with Crippen molar-refractivity contribution in [3.05, 3.63) is 29.8 Å². The molecule has 80 valence electrons. The summed E-state index contributed by atoms with van der Waals surface area (Å²) in [5.74, 6) is 0.807. The van der Waals surface area contributed by atoms with Gasteiger partial charge in [0.15, 0.2) is 6.10 Å². The SMILES string of the molecule is COC(C#N)c1ccc(OC(C)C)cc1.